The molecule has 5 nitrogen and oxygen atoms in total. The molecule has 0 amide bonds. The molecule has 1 saturated carbocycles. The number of fused-ring (bicyclic) bond motifs is 1. The van der Waals surface area contributed by atoms with Crippen molar-refractivity contribution in [2.45, 2.75) is 31.6 Å². The molecule has 0 bridgehead atoms. The topological polar surface area (TPSA) is 60.5 Å². The first-order valence-corrected chi connectivity index (χ1v) is 8.58. The number of carbonyl (C=O) groups is 1. The van der Waals surface area contributed by atoms with E-state index in [1.807, 2.05) is 31.4 Å². The standard InChI is InChI=1S/C17H18N2O3S/c1-10(2)22-13-6-11(8-20)5-12(7-13)17(14-9-21-15(14)17)19-16-18-3-4-23-16/h3-8,10,14-15H,9H2,1-2H3,(H,18,19). The third-order valence-electron chi connectivity index (χ3n) is 4.41. The molecule has 1 N–H and O–H groups in total. The number of benzene rings is 1. The van der Waals surface area contributed by atoms with E-state index in [4.69, 9.17) is 9.47 Å². The van der Waals surface area contributed by atoms with Crippen LogP contribution in [-0.4, -0.2) is 30.1 Å². The van der Waals surface area contributed by atoms with Crippen LogP contribution in [0.3, 0.4) is 0 Å². The molecule has 1 aliphatic carbocycles. The zero-order valence-corrected chi connectivity index (χ0v) is 13.8. The Morgan fingerprint density at radius 2 is 2.30 bits per heavy atom. The smallest absolute Gasteiger partial charge is 0.183 e. The number of rotatable bonds is 6. The van der Waals surface area contributed by atoms with Gasteiger partial charge in [-0.05, 0) is 37.6 Å². The van der Waals surface area contributed by atoms with Crippen LogP contribution in [0.5, 0.6) is 5.75 Å². The van der Waals surface area contributed by atoms with Crippen molar-refractivity contribution >= 4 is 22.8 Å². The Hall–Kier alpha value is -1.92. The molecule has 1 aliphatic heterocycles. The first-order valence-electron chi connectivity index (χ1n) is 7.70. The normalized spacial score (nSPS) is 28.0. The van der Waals surface area contributed by atoms with Crippen molar-refractivity contribution in [1.82, 2.24) is 4.98 Å². The van der Waals surface area contributed by atoms with Crippen LogP contribution in [0.25, 0.3) is 0 Å². The van der Waals surface area contributed by atoms with E-state index in [2.05, 4.69) is 10.3 Å². The number of hydrogen-bond acceptors (Lipinski definition) is 6. The fraction of sp³-hybridized carbons (Fsp3) is 0.412. The van der Waals surface area contributed by atoms with Gasteiger partial charge in [-0.15, -0.1) is 11.3 Å². The van der Waals surface area contributed by atoms with E-state index >= 15 is 0 Å². The third-order valence-corrected chi connectivity index (χ3v) is 5.09. The van der Waals surface area contributed by atoms with Gasteiger partial charge in [0.15, 0.2) is 5.13 Å². The SMILES string of the molecule is CC(C)Oc1cc(C=O)cc(C2(Nc3nccs3)C3COC32)c1. The molecule has 1 aromatic heterocycles. The second-order valence-corrected chi connectivity index (χ2v) is 7.16. The van der Waals surface area contributed by atoms with Crippen molar-refractivity contribution in [3.8, 4) is 5.75 Å². The summed E-state index contributed by atoms with van der Waals surface area (Å²) in [5.74, 6) is 1.13. The minimum Gasteiger partial charge on any atom is -0.491 e. The monoisotopic (exact) mass is 330 g/mol. The molecule has 1 saturated heterocycles. The van der Waals surface area contributed by atoms with Gasteiger partial charge in [-0.3, -0.25) is 4.79 Å². The summed E-state index contributed by atoms with van der Waals surface area (Å²) >= 11 is 1.56. The summed E-state index contributed by atoms with van der Waals surface area (Å²) in [6.07, 6.45) is 2.83. The predicted molar refractivity (Wildman–Crippen MR) is 88.2 cm³/mol. The fourth-order valence-electron chi connectivity index (χ4n) is 3.32. The Bertz CT molecular complexity index is 719. The summed E-state index contributed by atoms with van der Waals surface area (Å²) in [5, 5.41) is 6.34. The number of nitrogens with zero attached hydrogens (tertiary/aromatic N) is 1. The minimum absolute atomic E-state index is 0.0554. The van der Waals surface area contributed by atoms with Gasteiger partial charge in [0.2, 0.25) is 0 Å². The van der Waals surface area contributed by atoms with E-state index in [-0.39, 0.29) is 17.7 Å². The molecule has 23 heavy (non-hydrogen) atoms. The summed E-state index contributed by atoms with van der Waals surface area (Å²) in [6, 6.07) is 5.70. The lowest BCUT2D eigenvalue weighted by atomic mass is 10.00. The van der Waals surface area contributed by atoms with Gasteiger partial charge in [0.25, 0.3) is 0 Å². The maximum Gasteiger partial charge on any atom is 0.183 e. The number of hydrogen-bond donors (Lipinski definition) is 1. The van der Waals surface area contributed by atoms with Gasteiger partial charge < -0.3 is 14.8 Å². The Morgan fingerprint density at radius 1 is 1.48 bits per heavy atom. The van der Waals surface area contributed by atoms with Crippen molar-refractivity contribution in [3.63, 3.8) is 0 Å². The number of ether oxygens (including phenoxy) is 2. The number of carbonyl (C=O) groups excluding carboxylic acids is 1. The number of aromatic nitrogens is 1. The van der Waals surface area contributed by atoms with Crippen LogP contribution in [0, 0.1) is 5.92 Å². The highest BCUT2D eigenvalue weighted by Crippen LogP contribution is 2.62. The summed E-state index contributed by atoms with van der Waals surface area (Å²) in [7, 11) is 0. The molecule has 2 heterocycles. The van der Waals surface area contributed by atoms with Crippen LogP contribution in [0.15, 0.2) is 29.8 Å². The molecule has 3 unspecified atom stereocenters. The van der Waals surface area contributed by atoms with E-state index in [9.17, 15) is 4.79 Å². The minimum atomic E-state index is -0.300. The van der Waals surface area contributed by atoms with Crippen LogP contribution >= 0.6 is 11.3 Å². The Balaban J connectivity index is 1.73. The molecule has 1 aromatic carbocycles. The highest BCUT2D eigenvalue weighted by Gasteiger charge is 2.73. The Kier molecular flexibility index (Phi) is 3.39. The lowest BCUT2D eigenvalue weighted by molar-refractivity contribution is 0.0218. The molecular weight excluding hydrogens is 312 g/mol. The average Bonchev–Trinajstić information content (AvgIpc) is 2.81. The van der Waals surface area contributed by atoms with E-state index in [0.717, 1.165) is 23.6 Å². The Labute approximate surface area is 138 Å². The molecule has 3 atom stereocenters. The second kappa shape index (κ2) is 5.32. The maximum absolute atomic E-state index is 11.3. The molecule has 2 aromatic rings. The van der Waals surface area contributed by atoms with Crippen molar-refractivity contribution in [2.75, 3.05) is 11.9 Å². The summed E-state index contributed by atoms with van der Waals surface area (Å²) in [6.45, 7) is 4.68. The van der Waals surface area contributed by atoms with Gasteiger partial charge >= 0.3 is 0 Å². The van der Waals surface area contributed by atoms with E-state index < -0.39 is 0 Å². The van der Waals surface area contributed by atoms with Crippen LogP contribution in [-0.2, 0) is 10.3 Å². The van der Waals surface area contributed by atoms with Crippen molar-refractivity contribution < 1.29 is 14.3 Å². The average molecular weight is 330 g/mol. The maximum atomic E-state index is 11.3. The highest BCUT2D eigenvalue weighted by molar-refractivity contribution is 7.13. The number of anilines is 1. The zero-order valence-electron chi connectivity index (χ0n) is 13.0. The zero-order chi connectivity index (χ0) is 16.0. The van der Waals surface area contributed by atoms with Crippen LogP contribution < -0.4 is 10.1 Å². The number of aldehydes is 1. The number of thiazole rings is 1. The fourth-order valence-corrected chi connectivity index (χ4v) is 3.92. The molecule has 120 valence electrons. The molecule has 2 aliphatic rings. The summed E-state index contributed by atoms with van der Waals surface area (Å²) < 4.78 is 11.5. The largest absolute Gasteiger partial charge is 0.491 e. The van der Waals surface area contributed by atoms with Crippen LogP contribution in [0.4, 0.5) is 5.13 Å². The highest BCUT2D eigenvalue weighted by atomic mass is 32.1. The van der Waals surface area contributed by atoms with Gasteiger partial charge in [0, 0.05) is 23.1 Å². The molecule has 0 spiro atoms. The van der Waals surface area contributed by atoms with E-state index in [1.165, 1.54) is 0 Å². The van der Waals surface area contributed by atoms with Crippen LogP contribution in [0.2, 0.25) is 0 Å². The van der Waals surface area contributed by atoms with E-state index in [1.54, 1.807) is 23.6 Å². The first-order chi connectivity index (χ1) is 11.1. The van der Waals surface area contributed by atoms with Gasteiger partial charge in [0.05, 0.1) is 24.4 Å². The van der Waals surface area contributed by atoms with Crippen LogP contribution in [0.1, 0.15) is 29.8 Å². The molecular formula is C17H18N2O3S. The Morgan fingerprint density at radius 3 is 2.87 bits per heavy atom. The predicted octanol–water partition coefficient (Wildman–Crippen LogP) is 3.08. The second-order valence-electron chi connectivity index (χ2n) is 6.27. The summed E-state index contributed by atoms with van der Waals surface area (Å²) in [5.41, 5.74) is 1.34. The van der Waals surface area contributed by atoms with Gasteiger partial charge in [0.1, 0.15) is 12.0 Å². The quantitative estimate of drug-likeness (QED) is 0.825. The van der Waals surface area contributed by atoms with Gasteiger partial charge in [-0.2, -0.15) is 0 Å². The van der Waals surface area contributed by atoms with Crippen molar-refractivity contribution in [1.29, 1.82) is 0 Å². The first kappa shape index (κ1) is 14.7. The van der Waals surface area contributed by atoms with Gasteiger partial charge in [-0.25, -0.2) is 4.98 Å². The number of nitrogens with one attached hydrogen (secondary N) is 1. The lowest BCUT2D eigenvalue weighted by Crippen LogP contribution is -2.23. The lowest BCUT2D eigenvalue weighted by Gasteiger charge is -2.20. The molecule has 0 radical (unpaired) electrons. The van der Waals surface area contributed by atoms with Gasteiger partial charge in [-0.1, -0.05) is 0 Å². The van der Waals surface area contributed by atoms with E-state index in [0.29, 0.717) is 17.2 Å². The molecule has 4 rings (SSSR count). The molecule has 2 fully saturated rings. The van der Waals surface area contributed by atoms with Crippen molar-refractivity contribution in [3.05, 3.63) is 40.9 Å². The summed E-state index contributed by atoms with van der Waals surface area (Å²) in [4.78, 5) is 15.7. The molecule has 6 heteroatoms. The van der Waals surface area contributed by atoms with Crippen molar-refractivity contribution in [2.24, 2.45) is 5.92 Å². The third kappa shape index (κ3) is 2.33.